The summed E-state index contributed by atoms with van der Waals surface area (Å²) in [7, 11) is 2.08. The number of hydrogen-bond acceptors (Lipinski definition) is 6. The molecule has 2 heterocycles. The largest absolute Gasteiger partial charge is 0.490 e. The first-order valence-electron chi connectivity index (χ1n) is 9.62. The van der Waals surface area contributed by atoms with Crippen molar-refractivity contribution in [2.45, 2.75) is 57.3 Å². The molecule has 0 bridgehead atoms. The lowest BCUT2D eigenvalue weighted by Gasteiger charge is -2.32. The van der Waals surface area contributed by atoms with Gasteiger partial charge in [0.05, 0.1) is 17.8 Å². The minimum Gasteiger partial charge on any atom is -0.490 e. The van der Waals surface area contributed by atoms with Gasteiger partial charge in [0, 0.05) is 13.1 Å². The van der Waals surface area contributed by atoms with Crippen molar-refractivity contribution in [2.24, 2.45) is 0 Å². The maximum Gasteiger partial charge on any atom is 0.251 e. The first-order valence-corrected chi connectivity index (χ1v) is 9.62. The van der Waals surface area contributed by atoms with E-state index in [0.717, 1.165) is 37.2 Å². The van der Waals surface area contributed by atoms with E-state index in [-0.39, 0.29) is 18.3 Å². The Hall–Kier alpha value is -1.92. The summed E-state index contributed by atoms with van der Waals surface area (Å²) in [5.74, 6) is 1.85. The molecule has 1 aromatic heterocycles. The van der Waals surface area contributed by atoms with Gasteiger partial charge in [0.2, 0.25) is 5.89 Å². The highest BCUT2D eigenvalue weighted by atomic mass is 16.5. The zero-order valence-electron chi connectivity index (χ0n) is 15.6. The molecule has 26 heavy (non-hydrogen) atoms. The van der Waals surface area contributed by atoms with Gasteiger partial charge in [-0.15, -0.1) is 10.2 Å². The van der Waals surface area contributed by atoms with Gasteiger partial charge in [0.25, 0.3) is 5.89 Å². The normalized spacial score (nSPS) is 25.3. The van der Waals surface area contributed by atoms with Crippen LogP contribution in [0, 0.1) is 0 Å². The van der Waals surface area contributed by atoms with E-state index in [9.17, 15) is 0 Å². The van der Waals surface area contributed by atoms with Gasteiger partial charge in [-0.1, -0.05) is 18.6 Å². The summed E-state index contributed by atoms with van der Waals surface area (Å²) < 4.78 is 18.2. The number of hydrogen-bond donors (Lipinski definition) is 0. The summed E-state index contributed by atoms with van der Waals surface area (Å²) in [5, 5.41) is 8.52. The van der Waals surface area contributed by atoms with Crippen LogP contribution in [0.3, 0.4) is 0 Å². The number of rotatable bonds is 4. The van der Waals surface area contributed by atoms with Crippen LogP contribution in [0.2, 0.25) is 0 Å². The summed E-state index contributed by atoms with van der Waals surface area (Å²) in [6, 6.07) is 7.92. The molecule has 2 fully saturated rings. The van der Waals surface area contributed by atoms with Crippen LogP contribution < -0.4 is 4.74 Å². The Morgan fingerprint density at radius 1 is 1.08 bits per heavy atom. The second-order valence-electron chi connectivity index (χ2n) is 7.48. The Morgan fingerprint density at radius 2 is 1.88 bits per heavy atom. The molecule has 140 valence electrons. The van der Waals surface area contributed by atoms with Crippen molar-refractivity contribution in [2.75, 3.05) is 20.1 Å². The molecular weight excluding hydrogens is 330 g/mol. The van der Waals surface area contributed by atoms with E-state index < -0.39 is 0 Å². The first kappa shape index (κ1) is 17.5. The minimum atomic E-state index is -0.184. The molecule has 1 aromatic carbocycles. The van der Waals surface area contributed by atoms with Crippen LogP contribution >= 0.6 is 0 Å². The second-order valence-corrected chi connectivity index (χ2v) is 7.48. The van der Waals surface area contributed by atoms with Gasteiger partial charge in [-0.25, -0.2) is 0 Å². The van der Waals surface area contributed by atoms with Crippen molar-refractivity contribution in [1.29, 1.82) is 0 Å². The topological polar surface area (TPSA) is 60.6 Å². The molecule has 1 aliphatic carbocycles. The molecule has 0 amide bonds. The lowest BCUT2D eigenvalue weighted by molar-refractivity contribution is -0.0821. The highest BCUT2D eigenvalue weighted by molar-refractivity contribution is 5.62. The number of ether oxygens (including phenoxy) is 2. The highest BCUT2D eigenvalue weighted by Crippen LogP contribution is 2.33. The Kier molecular flexibility index (Phi) is 5.22. The average molecular weight is 357 g/mol. The molecule has 0 N–H and O–H groups in total. The Balaban J connectivity index is 1.54. The van der Waals surface area contributed by atoms with Gasteiger partial charge >= 0.3 is 0 Å². The van der Waals surface area contributed by atoms with Crippen LogP contribution in [0.5, 0.6) is 5.75 Å². The molecule has 2 aromatic rings. The molecule has 0 unspecified atom stereocenters. The highest BCUT2D eigenvalue weighted by Gasteiger charge is 2.29. The molecular formula is C20H27N3O3. The Labute approximate surface area is 154 Å². The number of benzene rings is 1. The number of aromatic nitrogens is 2. The van der Waals surface area contributed by atoms with E-state index in [2.05, 4.69) is 29.1 Å². The van der Waals surface area contributed by atoms with Gasteiger partial charge in [0.1, 0.15) is 11.9 Å². The fourth-order valence-corrected chi connectivity index (χ4v) is 3.88. The van der Waals surface area contributed by atoms with Crippen molar-refractivity contribution in [1.82, 2.24) is 15.1 Å². The van der Waals surface area contributed by atoms with Gasteiger partial charge in [-0.2, -0.15) is 0 Å². The van der Waals surface area contributed by atoms with Gasteiger partial charge in [0.15, 0.2) is 0 Å². The molecule has 4 rings (SSSR count). The van der Waals surface area contributed by atoms with Crippen LogP contribution in [-0.4, -0.2) is 47.4 Å². The van der Waals surface area contributed by atoms with Crippen LogP contribution in [0.1, 0.15) is 51.0 Å². The van der Waals surface area contributed by atoms with E-state index in [0.29, 0.717) is 11.8 Å². The number of nitrogens with zero attached hydrogens (tertiary/aromatic N) is 3. The monoisotopic (exact) mass is 357 g/mol. The van der Waals surface area contributed by atoms with Crippen LogP contribution in [-0.2, 0) is 4.74 Å². The fraction of sp³-hybridized carbons (Fsp3) is 0.600. The van der Waals surface area contributed by atoms with Crippen LogP contribution in [0.4, 0.5) is 0 Å². The molecule has 1 saturated heterocycles. The van der Waals surface area contributed by atoms with Crippen molar-refractivity contribution in [3.8, 4) is 17.2 Å². The maximum atomic E-state index is 6.26. The van der Waals surface area contributed by atoms with Gasteiger partial charge < -0.3 is 18.8 Å². The smallest absolute Gasteiger partial charge is 0.251 e. The molecule has 1 aliphatic heterocycles. The second kappa shape index (κ2) is 7.76. The van der Waals surface area contributed by atoms with E-state index in [1.54, 1.807) is 0 Å². The number of likely N-dealkylation sites (N-methyl/N-ethyl adjacent to an activating group) is 1. The lowest BCUT2D eigenvalue weighted by atomic mass is 9.97. The van der Waals surface area contributed by atoms with E-state index in [1.807, 2.05) is 24.3 Å². The molecule has 1 saturated carbocycles. The predicted molar refractivity (Wildman–Crippen MR) is 98.0 cm³/mol. The quantitative estimate of drug-likeness (QED) is 0.828. The van der Waals surface area contributed by atoms with Crippen molar-refractivity contribution in [3.05, 3.63) is 30.2 Å². The van der Waals surface area contributed by atoms with Crippen LogP contribution in [0.15, 0.2) is 28.7 Å². The van der Waals surface area contributed by atoms with Gasteiger partial charge in [-0.3, -0.25) is 0 Å². The van der Waals surface area contributed by atoms with Crippen LogP contribution in [0.25, 0.3) is 11.5 Å². The number of morpholine rings is 1. The molecule has 6 heteroatoms. The van der Waals surface area contributed by atoms with E-state index >= 15 is 0 Å². The van der Waals surface area contributed by atoms with Crippen molar-refractivity contribution < 1.29 is 13.9 Å². The maximum absolute atomic E-state index is 6.26. The van der Waals surface area contributed by atoms with Gasteiger partial charge in [-0.05, 0) is 51.8 Å². The third kappa shape index (κ3) is 3.91. The summed E-state index contributed by atoms with van der Waals surface area (Å²) in [6.45, 7) is 3.73. The summed E-state index contributed by atoms with van der Waals surface area (Å²) in [4.78, 5) is 2.23. The predicted octanol–water partition coefficient (Wildman–Crippen LogP) is 3.84. The SMILES string of the molecule is C[C@@H]1CN(C)C[C@H](c2nnc(-c3ccccc3OC3CCCCC3)o2)O1. The lowest BCUT2D eigenvalue weighted by Crippen LogP contribution is -2.40. The Bertz CT molecular complexity index is 717. The molecule has 0 radical (unpaired) electrons. The number of para-hydroxylation sites is 1. The van der Waals surface area contributed by atoms with E-state index in [1.165, 1.54) is 19.3 Å². The third-order valence-corrected chi connectivity index (χ3v) is 5.12. The summed E-state index contributed by atoms with van der Waals surface area (Å²) in [6.07, 6.45) is 6.26. The zero-order valence-corrected chi connectivity index (χ0v) is 15.6. The minimum absolute atomic E-state index is 0.149. The fourth-order valence-electron chi connectivity index (χ4n) is 3.88. The third-order valence-electron chi connectivity index (χ3n) is 5.12. The Morgan fingerprint density at radius 3 is 2.69 bits per heavy atom. The standard InChI is InChI=1S/C20H27N3O3/c1-14-12-23(2)13-18(24-14)20-22-21-19(26-20)16-10-6-7-11-17(16)25-15-8-4-3-5-9-15/h6-7,10-11,14-15,18H,3-5,8-9,12-13H2,1-2H3/t14-,18-/m1/s1. The molecule has 6 nitrogen and oxygen atoms in total. The zero-order chi connectivity index (χ0) is 17.9. The van der Waals surface area contributed by atoms with Crippen molar-refractivity contribution in [3.63, 3.8) is 0 Å². The summed E-state index contributed by atoms with van der Waals surface area (Å²) >= 11 is 0. The molecule has 0 spiro atoms. The molecule has 2 atom stereocenters. The van der Waals surface area contributed by atoms with E-state index in [4.69, 9.17) is 13.9 Å². The average Bonchev–Trinajstić information content (AvgIpc) is 3.12. The summed E-state index contributed by atoms with van der Waals surface area (Å²) in [5.41, 5.74) is 0.856. The van der Waals surface area contributed by atoms with Crippen molar-refractivity contribution >= 4 is 0 Å². The first-order chi connectivity index (χ1) is 12.7. The molecule has 2 aliphatic rings.